The molecule has 0 bridgehead atoms. The molecule has 1 N–H and O–H groups in total. The average Bonchev–Trinajstić information content (AvgIpc) is 3.41. The molecule has 3 aromatic carbocycles. The fourth-order valence-electron chi connectivity index (χ4n) is 4.91. The van der Waals surface area contributed by atoms with Crippen molar-refractivity contribution < 1.29 is 23.4 Å². The van der Waals surface area contributed by atoms with Crippen LogP contribution in [0.5, 0.6) is 0 Å². The monoisotopic (exact) mass is 505 g/mol. The highest BCUT2D eigenvalue weighted by Gasteiger charge is 2.40. The van der Waals surface area contributed by atoms with E-state index in [0.717, 1.165) is 17.7 Å². The molecule has 1 aliphatic heterocycles. The summed E-state index contributed by atoms with van der Waals surface area (Å²) in [7, 11) is 0. The van der Waals surface area contributed by atoms with Crippen molar-refractivity contribution in [3.8, 4) is 0 Å². The summed E-state index contributed by atoms with van der Waals surface area (Å²) in [5, 5.41) is 18.1. The number of nitrogens with zero attached hydrogens (tertiary/aromatic N) is 3. The van der Waals surface area contributed by atoms with Crippen LogP contribution in [0.1, 0.15) is 24.5 Å². The number of rotatable bonds is 8. The molecule has 0 saturated carbocycles. The van der Waals surface area contributed by atoms with Gasteiger partial charge in [-0.3, -0.25) is 0 Å². The van der Waals surface area contributed by atoms with E-state index in [1.807, 2.05) is 31.2 Å². The summed E-state index contributed by atoms with van der Waals surface area (Å²) in [6, 6.07) is 17.7. The van der Waals surface area contributed by atoms with Gasteiger partial charge in [-0.25, -0.2) is 18.4 Å². The summed E-state index contributed by atoms with van der Waals surface area (Å²) in [6.45, 7) is 2.68. The van der Waals surface area contributed by atoms with Crippen molar-refractivity contribution in [1.82, 2.24) is 14.8 Å². The summed E-state index contributed by atoms with van der Waals surface area (Å²) in [6.07, 6.45) is 6.70. The van der Waals surface area contributed by atoms with E-state index in [-0.39, 0.29) is 18.0 Å². The van der Waals surface area contributed by atoms with Gasteiger partial charge in [0.1, 0.15) is 29.9 Å². The molecular weight excluding hydrogens is 476 g/mol. The van der Waals surface area contributed by atoms with Crippen LogP contribution in [0.2, 0.25) is 0 Å². The number of benzene rings is 3. The third kappa shape index (κ3) is 5.77. The van der Waals surface area contributed by atoms with Gasteiger partial charge < -0.3 is 14.6 Å². The Kier molecular flexibility index (Phi) is 7.41. The first-order valence-corrected chi connectivity index (χ1v) is 12.3. The van der Waals surface area contributed by atoms with Crippen molar-refractivity contribution in [3.05, 3.63) is 102 Å². The molecule has 8 heteroatoms. The molecule has 0 spiro atoms. The van der Waals surface area contributed by atoms with Crippen molar-refractivity contribution in [2.75, 3.05) is 13.2 Å². The molecule has 6 nitrogen and oxygen atoms in total. The highest BCUT2D eigenvalue weighted by Crippen LogP contribution is 2.37. The van der Waals surface area contributed by atoms with Crippen molar-refractivity contribution >= 4 is 16.8 Å². The van der Waals surface area contributed by atoms with Crippen LogP contribution in [-0.4, -0.2) is 39.4 Å². The van der Waals surface area contributed by atoms with E-state index in [1.54, 1.807) is 0 Å². The molecule has 1 fully saturated rings. The maximum atomic E-state index is 14.8. The smallest absolute Gasteiger partial charge is 0.177 e. The van der Waals surface area contributed by atoms with Crippen LogP contribution in [0.3, 0.4) is 0 Å². The van der Waals surface area contributed by atoms with E-state index < -0.39 is 29.4 Å². The van der Waals surface area contributed by atoms with Gasteiger partial charge in [-0.1, -0.05) is 55.5 Å². The van der Waals surface area contributed by atoms with Crippen LogP contribution in [0.15, 0.2) is 79.4 Å². The van der Waals surface area contributed by atoms with Gasteiger partial charge in [0.25, 0.3) is 0 Å². The van der Waals surface area contributed by atoms with E-state index in [9.17, 15) is 13.9 Å². The quantitative estimate of drug-likeness (QED) is 0.351. The zero-order chi connectivity index (χ0) is 25.8. The van der Waals surface area contributed by atoms with Crippen molar-refractivity contribution in [2.24, 2.45) is 11.8 Å². The maximum absolute atomic E-state index is 14.8. The molecule has 2 heterocycles. The van der Waals surface area contributed by atoms with Gasteiger partial charge in [-0.2, -0.15) is 5.10 Å². The van der Waals surface area contributed by atoms with Crippen molar-refractivity contribution in [2.45, 2.75) is 31.8 Å². The van der Waals surface area contributed by atoms with Crippen LogP contribution in [-0.2, 0) is 21.6 Å². The maximum Gasteiger partial charge on any atom is 0.177 e. The van der Waals surface area contributed by atoms with E-state index in [4.69, 9.17) is 9.47 Å². The molecule has 4 aromatic rings. The third-order valence-electron chi connectivity index (χ3n) is 6.98. The molecule has 1 saturated heterocycles. The Hall–Kier alpha value is -3.46. The molecule has 0 aliphatic carbocycles. The number of fused-ring (bicyclic) bond motifs is 1. The molecule has 0 amide bonds. The molecule has 2 unspecified atom stereocenters. The molecule has 1 aliphatic rings. The fourth-order valence-corrected chi connectivity index (χ4v) is 4.91. The first-order valence-electron chi connectivity index (χ1n) is 12.3. The number of hydrogen-bond acceptors (Lipinski definition) is 5. The normalized spacial score (nSPS) is 20.8. The highest BCUT2D eigenvalue weighted by molar-refractivity contribution is 5.84. The lowest BCUT2D eigenvalue weighted by Crippen LogP contribution is -2.42. The van der Waals surface area contributed by atoms with E-state index in [0.29, 0.717) is 19.6 Å². The number of ether oxygens (including phenoxy) is 2. The van der Waals surface area contributed by atoms with Crippen molar-refractivity contribution in [1.29, 1.82) is 0 Å². The Morgan fingerprint density at radius 1 is 1.08 bits per heavy atom. The topological polar surface area (TPSA) is 69.4 Å². The van der Waals surface area contributed by atoms with Crippen LogP contribution in [0, 0.1) is 23.5 Å². The van der Waals surface area contributed by atoms with E-state index >= 15 is 0 Å². The van der Waals surface area contributed by atoms with Crippen LogP contribution < -0.4 is 0 Å². The zero-order valence-electron chi connectivity index (χ0n) is 20.5. The molecule has 5 rings (SSSR count). The first kappa shape index (κ1) is 25.2. The Labute approximate surface area is 214 Å². The summed E-state index contributed by atoms with van der Waals surface area (Å²) >= 11 is 0. The molecule has 2 atom stereocenters. The summed E-state index contributed by atoms with van der Waals surface area (Å²) in [4.78, 5) is 3.91. The van der Waals surface area contributed by atoms with E-state index in [2.05, 4.69) is 40.4 Å². The number of hydrogen-bond donors (Lipinski definition) is 1. The van der Waals surface area contributed by atoms with Gasteiger partial charge >= 0.3 is 0 Å². The van der Waals surface area contributed by atoms with Crippen LogP contribution in [0.25, 0.3) is 16.8 Å². The summed E-state index contributed by atoms with van der Waals surface area (Å²) in [5.41, 5.74) is -0.565. The fraction of sp³-hybridized carbons (Fsp3) is 0.310. The second kappa shape index (κ2) is 10.9. The minimum absolute atomic E-state index is 0.00824. The molecule has 192 valence electrons. The lowest BCUT2D eigenvalue weighted by molar-refractivity contribution is -0.180. The van der Waals surface area contributed by atoms with Gasteiger partial charge in [0.2, 0.25) is 0 Å². The van der Waals surface area contributed by atoms with Gasteiger partial charge in [0, 0.05) is 17.5 Å². The Morgan fingerprint density at radius 3 is 2.59 bits per heavy atom. The zero-order valence-corrected chi connectivity index (χ0v) is 20.5. The average molecular weight is 506 g/mol. The minimum Gasteiger partial charge on any atom is -0.383 e. The first-order chi connectivity index (χ1) is 17.9. The molecule has 1 aromatic heterocycles. The lowest BCUT2D eigenvalue weighted by atomic mass is 9.77. The Balaban J connectivity index is 1.23. The molecule has 0 radical (unpaired) electrons. The predicted molar refractivity (Wildman–Crippen MR) is 136 cm³/mol. The second-order valence-corrected chi connectivity index (χ2v) is 9.65. The van der Waals surface area contributed by atoms with Crippen LogP contribution >= 0.6 is 0 Å². The Morgan fingerprint density at radius 2 is 1.86 bits per heavy atom. The predicted octanol–water partition coefficient (Wildman–Crippen LogP) is 5.33. The number of aromatic nitrogens is 3. The SMILES string of the molecule is CC(CC1COC(C=Cc2ccc3ccccc3c2)OC1)C(O)(Cn1cncn1)c1ccc(F)cc1F. The van der Waals surface area contributed by atoms with Crippen LogP contribution in [0.4, 0.5) is 8.78 Å². The second-order valence-electron chi connectivity index (χ2n) is 9.65. The number of aliphatic hydroxyl groups is 1. The number of halogens is 2. The molecular formula is C29H29F2N3O3. The van der Waals surface area contributed by atoms with E-state index in [1.165, 1.54) is 34.2 Å². The summed E-state index contributed by atoms with van der Waals surface area (Å²) < 4.78 is 41.6. The standard InChI is InChI=1S/C29H29F2N3O3/c1-20(29(35,17-34-19-32-18-33-34)26-10-9-25(30)14-27(26)31)12-22-15-36-28(37-16-22)11-7-21-6-8-23-4-2-3-5-24(23)13-21/h2-11,13-14,18-20,22,28,35H,12,15-17H2,1H3. The largest absolute Gasteiger partial charge is 0.383 e. The highest BCUT2D eigenvalue weighted by atomic mass is 19.1. The van der Waals surface area contributed by atoms with Gasteiger partial charge in [0.15, 0.2) is 6.29 Å². The Bertz CT molecular complexity index is 1370. The van der Waals surface area contributed by atoms with Gasteiger partial charge in [0.05, 0.1) is 19.8 Å². The molecule has 37 heavy (non-hydrogen) atoms. The minimum atomic E-state index is -1.64. The van der Waals surface area contributed by atoms with Gasteiger partial charge in [-0.05, 0) is 46.9 Å². The van der Waals surface area contributed by atoms with Crippen molar-refractivity contribution in [3.63, 3.8) is 0 Å². The third-order valence-corrected chi connectivity index (χ3v) is 6.98. The summed E-state index contributed by atoms with van der Waals surface area (Å²) in [5.74, 6) is -1.93. The lowest BCUT2D eigenvalue weighted by Gasteiger charge is -2.38. The van der Waals surface area contributed by atoms with Gasteiger partial charge in [-0.15, -0.1) is 0 Å².